The van der Waals surface area contributed by atoms with E-state index in [1.807, 2.05) is 32.0 Å². The highest BCUT2D eigenvalue weighted by Crippen LogP contribution is 2.59. The van der Waals surface area contributed by atoms with Crippen LogP contribution < -0.4 is 10.2 Å². The van der Waals surface area contributed by atoms with Gasteiger partial charge in [-0.05, 0) is 60.4 Å². The Morgan fingerprint density at radius 2 is 1.51 bits per heavy atom. The third-order valence-electron chi connectivity index (χ3n) is 7.92. The first-order valence-corrected chi connectivity index (χ1v) is 13.5. The lowest BCUT2D eigenvalue weighted by atomic mass is 9.80. The van der Waals surface area contributed by atoms with E-state index < -0.39 is 30.3 Å². The van der Waals surface area contributed by atoms with Crippen LogP contribution >= 0.6 is 23.2 Å². The Kier molecular flexibility index (Phi) is 7.03. The molecule has 0 unspecified atom stereocenters. The predicted octanol–water partition coefficient (Wildman–Crippen LogP) is 4.58. The minimum atomic E-state index is -0.725. The number of ether oxygens (including phenoxy) is 1. The lowest BCUT2D eigenvalue weighted by molar-refractivity contribution is -0.123. The highest BCUT2D eigenvalue weighted by Gasteiger charge is 2.66. The molecule has 0 spiro atoms. The zero-order valence-electron chi connectivity index (χ0n) is 20.6. The Morgan fingerprint density at radius 1 is 0.946 bits per heavy atom. The van der Waals surface area contributed by atoms with Crippen LogP contribution in [-0.2, 0) is 32.0 Å². The van der Waals surface area contributed by atoms with Crippen LogP contribution in [0.15, 0.2) is 42.5 Å². The summed E-state index contributed by atoms with van der Waals surface area (Å²) in [6, 6.07) is 12.0. The number of para-hydroxylation sites is 1. The fraction of sp³-hybridized carbons (Fsp3) is 0.429. The Hall–Kier alpha value is -2.90. The lowest BCUT2D eigenvalue weighted by Crippen LogP contribution is -2.37. The van der Waals surface area contributed by atoms with E-state index in [0.717, 1.165) is 34.6 Å². The molecule has 2 bridgehead atoms. The van der Waals surface area contributed by atoms with Gasteiger partial charge in [-0.2, -0.15) is 0 Å². The largest absolute Gasteiger partial charge is 0.452 e. The molecular weight excluding hydrogens is 515 g/mol. The maximum absolute atomic E-state index is 13.2. The number of carbonyl (C=O) groups excluding carboxylic acids is 4. The summed E-state index contributed by atoms with van der Waals surface area (Å²) in [6.45, 7) is 3.55. The number of alkyl halides is 2. The van der Waals surface area contributed by atoms with Gasteiger partial charge in [0.25, 0.3) is 5.91 Å². The second kappa shape index (κ2) is 10.1. The van der Waals surface area contributed by atoms with Crippen molar-refractivity contribution in [3.05, 3.63) is 59.2 Å². The maximum Gasteiger partial charge on any atom is 0.338 e. The van der Waals surface area contributed by atoms with Gasteiger partial charge in [-0.25, -0.2) is 4.79 Å². The van der Waals surface area contributed by atoms with E-state index in [1.165, 1.54) is 12.1 Å². The molecule has 3 aliphatic rings. The van der Waals surface area contributed by atoms with Crippen LogP contribution in [0.25, 0.3) is 0 Å². The summed E-state index contributed by atoms with van der Waals surface area (Å²) >= 11 is 12.9. The Balaban J connectivity index is 1.27. The highest BCUT2D eigenvalue weighted by atomic mass is 35.5. The third kappa shape index (κ3) is 4.32. The average molecular weight is 543 g/mol. The maximum atomic E-state index is 13.2. The molecular formula is C28H28Cl2N2O5. The van der Waals surface area contributed by atoms with Gasteiger partial charge in [-0.3, -0.25) is 19.3 Å². The summed E-state index contributed by atoms with van der Waals surface area (Å²) in [6.07, 6.45) is 2.19. The Bertz CT molecular complexity index is 1230. The quantitative estimate of drug-likeness (QED) is 0.314. The van der Waals surface area contributed by atoms with E-state index in [4.69, 9.17) is 27.9 Å². The molecule has 2 aromatic rings. The van der Waals surface area contributed by atoms with Gasteiger partial charge in [0.15, 0.2) is 6.61 Å². The highest BCUT2D eigenvalue weighted by molar-refractivity contribution is 6.32. The molecule has 2 aliphatic carbocycles. The number of nitrogens with one attached hydrogen (secondary N) is 1. The molecule has 2 saturated carbocycles. The van der Waals surface area contributed by atoms with Gasteiger partial charge in [0, 0.05) is 5.69 Å². The Morgan fingerprint density at radius 3 is 2.08 bits per heavy atom. The van der Waals surface area contributed by atoms with Gasteiger partial charge in [0.1, 0.15) is 0 Å². The van der Waals surface area contributed by atoms with Crippen molar-refractivity contribution in [2.45, 2.75) is 43.9 Å². The molecule has 3 amide bonds. The summed E-state index contributed by atoms with van der Waals surface area (Å²) in [5.41, 5.74) is 3.19. The standard InChI is InChI=1S/C28H28Cl2N2O5/c1-3-14-7-5-8-15(4-2)25(14)31-20(33)13-37-28(36)16-9-6-10-17(11-16)32-26(34)21-18-12-19(22(21)27(32)35)24(30)23(18)29/h5-11,18-19,21-24H,3-4,12-13H2,1-2H3,(H,31,33)/t18-,19-,21-,22+,23+,24+/m1/s1. The van der Waals surface area contributed by atoms with Crippen LogP contribution in [0.3, 0.4) is 0 Å². The van der Waals surface area contributed by atoms with Crippen LogP contribution in [0.4, 0.5) is 11.4 Å². The van der Waals surface area contributed by atoms with E-state index in [2.05, 4.69) is 5.32 Å². The van der Waals surface area contributed by atoms with Gasteiger partial charge < -0.3 is 10.1 Å². The second-order valence-corrected chi connectivity index (χ2v) is 10.9. The molecule has 194 valence electrons. The number of rotatable bonds is 7. The zero-order valence-corrected chi connectivity index (χ0v) is 22.1. The van der Waals surface area contributed by atoms with E-state index >= 15 is 0 Å². The molecule has 6 atom stereocenters. The fourth-order valence-electron chi connectivity index (χ4n) is 6.17. The van der Waals surface area contributed by atoms with Gasteiger partial charge in [-0.15, -0.1) is 23.2 Å². The number of aryl methyl sites for hydroxylation is 2. The molecule has 0 radical (unpaired) electrons. The summed E-state index contributed by atoms with van der Waals surface area (Å²) in [7, 11) is 0. The van der Waals surface area contributed by atoms with Crippen molar-refractivity contribution < 1.29 is 23.9 Å². The van der Waals surface area contributed by atoms with E-state index in [9.17, 15) is 19.2 Å². The number of anilines is 2. The van der Waals surface area contributed by atoms with Gasteiger partial charge in [0.05, 0.1) is 33.8 Å². The predicted molar refractivity (Wildman–Crippen MR) is 141 cm³/mol. The fourth-order valence-corrected chi connectivity index (χ4v) is 7.06. The number of benzene rings is 2. The van der Waals surface area contributed by atoms with Crippen molar-refractivity contribution in [3.63, 3.8) is 0 Å². The first-order chi connectivity index (χ1) is 17.8. The van der Waals surface area contributed by atoms with Gasteiger partial charge >= 0.3 is 5.97 Å². The van der Waals surface area contributed by atoms with Crippen molar-refractivity contribution in [2.75, 3.05) is 16.8 Å². The van der Waals surface area contributed by atoms with Crippen LogP contribution in [0, 0.1) is 23.7 Å². The molecule has 1 heterocycles. The molecule has 3 fully saturated rings. The molecule has 2 aromatic carbocycles. The number of carbonyl (C=O) groups is 4. The van der Waals surface area contributed by atoms with Crippen molar-refractivity contribution in [1.82, 2.24) is 0 Å². The summed E-state index contributed by atoms with van der Waals surface area (Å²) in [5, 5.41) is 2.19. The second-order valence-electron chi connectivity index (χ2n) is 9.85. The number of fused-ring (bicyclic) bond motifs is 5. The minimum absolute atomic E-state index is 0.127. The summed E-state index contributed by atoms with van der Waals surface area (Å²) in [4.78, 5) is 53.0. The summed E-state index contributed by atoms with van der Waals surface area (Å²) < 4.78 is 5.25. The van der Waals surface area contributed by atoms with Crippen LogP contribution in [0.5, 0.6) is 0 Å². The van der Waals surface area contributed by atoms with Crippen molar-refractivity contribution in [3.8, 4) is 0 Å². The van der Waals surface area contributed by atoms with Crippen LogP contribution in [0.2, 0.25) is 0 Å². The number of amides is 3. The number of esters is 1. The first-order valence-electron chi connectivity index (χ1n) is 12.6. The van der Waals surface area contributed by atoms with Crippen molar-refractivity contribution >= 4 is 58.3 Å². The normalized spacial score (nSPS) is 27.9. The molecule has 7 nitrogen and oxygen atoms in total. The van der Waals surface area contributed by atoms with E-state index in [-0.39, 0.29) is 40.0 Å². The average Bonchev–Trinajstić information content (AvgIpc) is 3.52. The number of halogens is 2. The number of imide groups is 1. The minimum Gasteiger partial charge on any atom is -0.452 e. The van der Waals surface area contributed by atoms with E-state index in [0.29, 0.717) is 12.1 Å². The monoisotopic (exact) mass is 542 g/mol. The molecule has 37 heavy (non-hydrogen) atoms. The van der Waals surface area contributed by atoms with Gasteiger partial charge in [0.2, 0.25) is 11.8 Å². The SMILES string of the molecule is CCc1cccc(CC)c1NC(=O)COC(=O)c1cccc(N2C(=O)[C@@H]3[C@H]4C[C@@H]([C@H](Cl)[C@H]4Cl)[C@@H]3C2=O)c1. The number of nitrogens with zero attached hydrogens (tertiary/aromatic N) is 1. The molecule has 1 aliphatic heterocycles. The molecule has 1 saturated heterocycles. The lowest BCUT2D eigenvalue weighted by Gasteiger charge is -2.28. The third-order valence-corrected chi connectivity index (χ3v) is 9.24. The molecule has 9 heteroatoms. The molecule has 0 aromatic heterocycles. The zero-order chi connectivity index (χ0) is 26.4. The number of hydrogen-bond donors (Lipinski definition) is 1. The van der Waals surface area contributed by atoms with Crippen LogP contribution in [0.1, 0.15) is 41.8 Å². The number of hydrogen-bond acceptors (Lipinski definition) is 5. The topological polar surface area (TPSA) is 92.8 Å². The Labute approximate surface area is 225 Å². The van der Waals surface area contributed by atoms with Crippen molar-refractivity contribution in [2.24, 2.45) is 23.7 Å². The molecule has 1 N–H and O–H groups in total. The molecule has 5 rings (SSSR count). The smallest absolute Gasteiger partial charge is 0.338 e. The van der Waals surface area contributed by atoms with E-state index in [1.54, 1.807) is 12.1 Å². The van der Waals surface area contributed by atoms with Gasteiger partial charge in [-0.1, -0.05) is 38.1 Å². The van der Waals surface area contributed by atoms with Crippen LogP contribution in [-0.4, -0.2) is 41.1 Å². The summed E-state index contributed by atoms with van der Waals surface area (Å²) in [5.74, 6) is -2.98. The van der Waals surface area contributed by atoms with Crippen molar-refractivity contribution in [1.29, 1.82) is 0 Å². The first kappa shape index (κ1) is 25.7.